The Hall–Kier alpha value is -2.75. The van der Waals surface area contributed by atoms with E-state index in [1.54, 1.807) is 17.5 Å². The van der Waals surface area contributed by atoms with Gasteiger partial charge in [-0.1, -0.05) is 36.3 Å². The first kappa shape index (κ1) is 23.4. The summed E-state index contributed by atoms with van der Waals surface area (Å²) in [6, 6.07) is 11.8. The number of carbonyl (C=O) groups is 1. The number of sulfonamides is 1. The van der Waals surface area contributed by atoms with Gasteiger partial charge in [0.1, 0.15) is 11.3 Å². The maximum absolute atomic E-state index is 13.0. The van der Waals surface area contributed by atoms with Gasteiger partial charge in [0.2, 0.25) is 10.0 Å². The van der Waals surface area contributed by atoms with Crippen LogP contribution in [0.15, 0.2) is 65.0 Å². The second-order valence-electron chi connectivity index (χ2n) is 7.85. The van der Waals surface area contributed by atoms with Gasteiger partial charge in [0, 0.05) is 25.2 Å². The number of nitrogens with zero attached hydrogens (tertiary/aromatic N) is 3. The van der Waals surface area contributed by atoms with Crippen molar-refractivity contribution in [2.75, 3.05) is 20.2 Å². The Morgan fingerprint density at radius 1 is 1.12 bits per heavy atom. The first-order chi connectivity index (χ1) is 16.0. The van der Waals surface area contributed by atoms with E-state index in [-0.39, 0.29) is 4.90 Å². The van der Waals surface area contributed by atoms with Gasteiger partial charge in [-0.05, 0) is 49.2 Å². The topological polar surface area (TPSA) is 81.0 Å². The summed E-state index contributed by atoms with van der Waals surface area (Å²) in [5.41, 5.74) is 1.19. The van der Waals surface area contributed by atoms with E-state index in [9.17, 15) is 13.2 Å². The number of hydrogen-bond acceptors (Lipinski definition) is 5. The minimum absolute atomic E-state index is 0.203. The number of amides is 1. The van der Waals surface area contributed by atoms with E-state index in [2.05, 4.69) is 11.6 Å². The molecular formula is C24H27N3O4S2. The summed E-state index contributed by atoms with van der Waals surface area (Å²) in [5.74, 6) is 0.264. The predicted octanol–water partition coefficient (Wildman–Crippen LogP) is 4.20. The molecule has 0 spiro atoms. The molecule has 0 radical (unpaired) electrons. The molecule has 0 bridgehead atoms. The maximum Gasteiger partial charge on any atom is 0.279 e. The molecule has 1 aliphatic heterocycles. The molecule has 0 aliphatic carbocycles. The normalized spacial score (nSPS) is 16.0. The lowest BCUT2D eigenvalue weighted by Gasteiger charge is -2.19. The zero-order valence-corrected chi connectivity index (χ0v) is 20.2. The van der Waals surface area contributed by atoms with Crippen LogP contribution >= 0.6 is 11.3 Å². The average Bonchev–Trinajstić information content (AvgIpc) is 2.99. The Labute approximate surface area is 197 Å². The molecule has 33 heavy (non-hydrogen) atoms. The van der Waals surface area contributed by atoms with Gasteiger partial charge in [-0.3, -0.25) is 4.79 Å². The van der Waals surface area contributed by atoms with Gasteiger partial charge >= 0.3 is 0 Å². The molecular weight excluding hydrogens is 458 g/mol. The highest BCUT2D eigenvalue weighted by atomic mass is 32.2. The highest BCUT2D eigenvalue weighted by molar-refractivity contribution is 7.89. The molecule has 0 saturated carbocycles. The number of para-hydroxylation sites is 1. The van der Waals surface area contributed by atoms with Crippen molar-refractivity contribution in [1.82, 2.24) is 8.87 Å². The van der Waals surface area contributed by atoms with Crippen LogP contribution in [0.25, 0.3) is 10.2 Å². The van der Waals surface area contributed by atoms with E-state index in [1.807, 2.05) is 22.8 Å². The van der Waals surface area contributed by atoms with Crippen molar-refractivity contribution >= 4 is 37.5 Å². The van der Waals surface area contributed by atoms with E-state index in [1.165, 1.54) is 35.6 Å². The molecule has 1 aliphatic rings. The zero-order chi connectivity index (χ0) is 23.4. The van der Waals surface area contributed by atoms with E-state index in [4.69, 9.17) is 4.74 Å². The third kappa shape index (κ3) is 4.80. The van der Waals surface area contributed by atoms with Gasteiger partial charge < -0.3 is 9.30 Å². The molecule has 0 atom stereocenters. The van der Waals surface area contributed by atoms with Crippen LogP contribution in [0.5, 0.6) is 5.75 Å². The Morgan fingerprint density at radius 2 is 1.82 bits per heavy atom. The molecule has 174 valence electrons. The number of aromatic nitrogens is 1. The fourth-order valence-electron chi connectivity index (χ4n) is 4.00. The van der Waals surface area contributed by atoms with Gasteiger partial charge in [0.05, 0.1) is 16.7 Å². The molecule has 3 aromatic rings. The predicted molar refractivity (Wildman–Crippen MR) is 130 cm³/mol. The summed E-state index contributed by atoms with van der Waals surface area (Å²) in [5, 5.41) is 0. The second kappa shape index (κ2) is 10.0. The van der Waals surface area contributed by atoms with E-state index < -0.39 is 15.9 Å². The number of methoxy groups -OCH3 is 1. The number of hydrogen-bond donors (Lipinski definition) is 0. The molecule has 2 aromatic carbocycles. The molecule has 4 rings (SSSR count). The van der Waals surface area contributed by atoms with Crippen molar-refractivity contribution in [1.29, 1.82) is 0 Å². The van der Waals surface area contributed by atoms with Gasteiger partial charge in [0.15, 0.2) is 4.80 Å². The van der Waals surface area contributed by atoms with Gasteiger partial charge in [-0.2, -0.15) is 9.30 Å². The van der Waals surface area contributed by atoms with E-state index in [0.717, 1.165) is 35.9 Å². The highest BCUT2D eigenvalue weighted by Gasteiger charge is 2.25. The van der Waals surface area contributed by atoms with Crippen LogP contribution in [0.1, 0.15) is 36.0 Å². The molecule has 0 N–H and O–H groups in total. The summed E-state index contributed by atoms with van der Waals surface area (Å²) < 4.78 is 35.8. The number of fused-ring (bicyclic) bond motifs is 1. The molecule has 1 saturated heterocycles. The van der Waals surface area contributed by atoms with Crippen molar-refractivity contribution in [2.24, 2.45) is 4.99 Å². The third-order valence-corrected chi connectivity index (χ3v) is 8.65. The Bertz CT molecular complexity index is 1330. The van der Waals surface area contributed by atoms with Crippen LogP contribution in [0.2, 0.25) is 0 Å². The lowest BCUT2D eigenvalue weighted by molar-refractivity contribution is 0.0997. The average molecular weight is 486 g/mol. The first-order valence-corrected chi connectivity index (χ1v) is 13.2. The third-order valence-electron chi connectivity index (χ3n) is 5.70. The minimum Gasteiger partial charge on any atom is -0.495 e. The van der Waals surface area contributed by atoms with Crippen molar-refractivity contribution < 1.29 is 17.9 Å². The minimum atomic E-state index is -3.56. The summed E-state index contributed by atoms with van der Waals surface area (Å²) in [4.78, 5) is 18.0. The van der Waals surface area contributed by atoms with E-state index >= 15 is 0 Å². The number of ether oxygens (including phenoxy) is 1. The lowest BCUT2D eigenvalue weighted by atomic mass is 10.2. The molecule has 1 aromatic heterocycles. The number of carbonyl (C=O) groups excluding carboxylic acids is 1. The summed E-state index contributed by atoms with van der Waals surface area (Å²) in [7, 11) is -1.96. The monoisotopic (exact) mass is 485 g/mol. The maximum atomic E-state index is 13.0. The number of benzene rings is 2. The Kier molecular flexibility index (Phi) is 7.11. The SMILES string of the molecule is C=CCn1c(=NC(=O)c2ccc(S(=O)(=O)N3CCCCCC3)cc2)sc2cccc(OC)c21. The van der Waals surface area contributed by atoms with Crippen LogP contribution in [0, 0.1) is 0 Å². The van der Waals surface area contributed by atoms with Crippen molar-refractivity contribution in [3.05, 3.63) is 65.5 Å². The highest BCUT2D eigenvalue weighted by Crippen LogP contribution is 2.27. The lowest BCUT2D eigenvalue weighted by Crippen LogP contribution is -2.31. The van der Waals surface area contributed by atoms with Crippen LogP contribution in [0.3, 0.4) is 0 Å². The number of allylic oxidation sites excluding steroid dienone is 1. The van der Waals surface area contributed by atoms with Crippen molar-refractivity contribution in [3.63, 3.8) is 0 Å². The van der Waals surface area contributed by atoms with Gasteiger partial charge in [0.25, 0.3) is 5.91 Å². The molecule has 7 nitrogen and oxygen atoms in total. The molecule has 2 heterocycles. The van der Waals surface area contributed by atoms with Crippen LogP contribution in [0.4, 0.5) is 0 Å². The van der Waals surface area contributed by atoms with Crippen molar-refractivity contribution in [2.45, 2.75) is 37.1 Å². The van der Waals surface area contributed by atoms with Crippen LogP contribution in [-0.2, 0) is 16.6 Å². The Morgan fingerprint density at radius 3 is 2.45 bits per heavy atom. The first-order valence-electron chi connectivity index (χ1n) is 10.9. The summed E-state index contributed by atoms with van der Waals surface area (Å²) in [6.45, 7) is 5.36. The van der Waals surface area contributed by atoms with Crippen LogP contribution in [-0.4, -0.2) is 43.4 Å². The summed E-state index contributed by atoms with van der Waals surface area (Å²) in [6.07, 6.45) is 5.59. The molecule has 9 heteroatoms. The number of thiazole rings is 1. The van der Waals surface area contributed by atoms with Gasteiger partial charge in [-0.15, -0.1) is 6.58 Å². The largest absolute Gasteiger partial charge is 0.495 e. The molecule has 0 unspecified atom stereocenters. The Balaban J connectivity index is 1.66. The van der Waals surface area contributed by atoms with Crippen molar-refractivity contribution in [3.8, 4) is 5.75 Å². The summed E-state index contributed by atoms with van der Waals surface area (Å²) >= 11 is 1.39. The zero-order valence-electron chi connectivity index (χ0n) is 18.6. The number of rotatable bonds is 6. The van der Waals surface area contributed by atoms with E-state index in [0.29, 0.717) is 35.7 Å². The van der Waals surface area contributed by atoms with Crippen LogP contribution < -0.4 is 9.54 Å². The standard InChI is InChI=1S/C24H27N3O4S2/c1-3-15-27-22-20(31-2)9-8-10-21(22)32-24(27)25-23(28)18-11-13-19(14-12-18)33(29,30)26-16-6-4-5-7-17-26/h3,8-14H,1,4-7,15-17H2,2H3. The molecule has 1 amide bonds. The fourth-order valence-corrected chi connectivity index (χ4v) is 6.57. The van der Waals surface area contributed by atoms with Gasteiger partial charge in [-0.25, -0.2) is 8.42 Å². The second-order valence-corrected chi connectivity index (χ2v) is 10.8. The molecule has 1 fully saturated rings. The fraction of sp³-hybridized carbons (Fsp3) is 0.333. The quantitative estimate of drug-likeness (QED) is 0.490. The smallest absolute Gasteiger partial charge is 0.279 e.